The molecule has 4 aromatic rings. The third-order valence-corrected chi connectivity index (χ3v) is 6.08. The molecule has 4 rings (SSSR count). The Kier molecular flexibility index (Phi) is 5.53. The van der Waals surface area contributed by atoms with Crippen LogP contribution in [0.25, 0.3) is 21.7 Å². The van der Waals surface area contributed by atoms with Gasteiger partial charge in [0.1, 0.15) is 0 Å². The third-order valence-electron chi connectivity index (χ3n) is 6.08. The van der Waals surface area contributed by atoms with E-state index in [4.69, 9.17) is 0 Å². The van der Waals surface area contributed by atoms with Crippen LogP contribution in [0.15, 0.2) is 66.7 Å². The summed E-state index contributed by atoms with van der Waals surface area (Å²) in [6, 6.07) is 22.9. The Balaban J connectivity index is 1.86. The Morgan fingerprint density at radius 2 is 1.59 bits per heavy atom. The van der Waals surface area contributed by atoms with Crippen molar-refractivity contribution in [1.29, 1.82) is 0 Å². The average molecular weight is 384 g/mol. The lowest BCUT2D eigenvalue weighted by molar-refractivity contribution is 0.104. The predicted octanol–water partition coefficient (Wildman–Crippen LogP) is 7.48. The van der Waals surface area contributed by atoms with E-state index < -0.39 is 0 Å². The highest BCUT2D eigenvalue weighted by Crippen LogP contribution is 2.33. The molecule has 2 heteroatoms. The standard InChI is InChI=1S/C27H29NO/c1-4-5-6-12-19(2)28-20(3)26(24-16-9-10-18-25(24)28)27(29)23-17-11-14-21-13-7-8-15-22(21)23/h7-11,13-19H,4-6,12H2,1-3H3. The summed E-state index contributed by atoms with van der Waals surface area (Å²) in [6.45, 7) is 6.62. The number of hydrogen-bond acceptors (Lipinski definition) is 1. The molecule has 0 aliphatic carbocycles. The van der Waals surface area contributed by atoms with E-state index in [2.05, 4.69) is 55.7 Å². The van der Waals surface area contributed by atoms with Gasteiger partial charge in [0.2, 0.25) is 0 Å². The maximum atomic E-state index is 13.8. The SMILES string of the molecule is CCCCCC(C)n1c(C)c(C(=O)c2cccc3ccccc23)c2ccccc21. The maximum Gasteiger partial charge on any atom is 0.196 e. The zero-order chi connectivity index (χ0) is 20.4. The quantitative estimate of drug-likeness (QED) is 0.239. The van der Waals surface area contributed by atoms with E-state index in [-0.39, 0.29) is 5.78 Å². The van der Waals surface area contributed by atoms with Crippen LogP contribution < -0.4 is 0 Å². The summed E-state index contributed by atoms with van der Waals surface area (Å²) in [5.74, 6) is 0.120. The minimum absolute atomic E-state index is 0.120. The first-order valence-electron chi connectivity index (χ1n) is 10.8. The average Bonchev–Trinajstić information content (AvgIpc) is 3.04. The second-order valence-corrected chi connectivity index (χ2v) is 8.05. The molecule has 1 heterocycles. The van der Waals surface area contributed by atoms with E-state index in [1.165, 1.54) is 19.3 Å². The molecule has 0 spiro atoms. The van der Waals surface area contributed by atoms with Gasteiger partial charge in [0.15, 0.2) is 5.78 Å². The summed E-state index contributed by atoms with van der Waals surface area (Å²) in [7, 11) is 0. The number of para-hydroxylation sites is 1. The van der Waals surface area contributed by atoms with Crippen LogP contribution in [0.3, 0.4) is 0 Å². The summed E-state index contributed by atoms with van der Waals surface area (Å²) >= 11 is 0. The molecule has 1 aromatic heterocycles. The van der Waals surface area contributed by atoms with Crippen molar-refractivity contribution in [2.24, 2.45) is 0 Å². The molecule has 2 nitrogen and oxygen atoms in total. The molecule has 1 atom stereocenters. The molecule has 0 aliphatic heterocycles. The zero-order valence-electron chi connectivity index (χ0n) is 17.6. The fraction of sp³-hybridized carbons (Fsp3) is 0.296. The predicted molar refractivity (Wildman–Crippen MR) is 123 cm³/mol. The van der Waals surface area contributed by atoms with Crippen molar-refractivity contribution in [2.45, 2.75) is 52.5 Å². The monoisotopic (exact) mass is 383 g/mol. The van der Waals surface area contributed by atoms with Crippen molar-refractivity contribution in [2.75, 3.05) is 0 Å². The van der Waals surface area contributed by atoms with Gasteiger partial charge in [-0.25, -0.2) is 0 Å². The highest BCUT2D eigenvalue weighted by Gasteiger charge is 2.24. The number of rotatable bonds is 7. The molecule has 0 amide bonds. The topological polar surface area (TPSA) is 22.0 Å². The molecule has 0 fully saturated rings. The lowest BCUT2D eigenvalue weighted by atomic mass is 9.95. The minimum atomic E-state index is 0.120. The Morgan fingerprint density at radius 1 is 0.897 bits per heavy atom. The van der Waals surface area contributed by atoms with Crippen LogP contribution in [-0.4, -0.2) is 10.4 Å². The van der Waals surface area contributed by atoms with Crippen LogP contribution in [0, 0.1) is 6.92 Å². The van der Waals surface area contributed by atoms with Crippen LogP contribution in [0.1, 0.15) is 67.2 Å². The number of hydrogen-bond donors (Lipinski definition) is 0. The van der Waals surface area contributed by atoms with Crippen molar-refractivity contribution < 1.29 is 4.79 Å². The van der Waals surface area contributed by atoms with Gasteiger partial charge in [0, 0.05) is 28.2 Å². The normalized spacial score (nSPS) is 12.5. The molecule has 148 valence electrons. The summed E-state index contributed by atoms with van der Waals surface area (Å²) in [6.07, 6.45) is 4.83. The van der Waals surface area contributed by atoms with Crippen molar-refractivity contribution >= 4 is 27.5 Å². The van der Waals surface area contributed by atoms with Crippen LogP contribution in [0.5, 0.6) is 0 Å². The lowest BCUT2D eigenvalue weighted by Gasteiger charge is -2.18. The van der Waals surface area contributed by atoms with E-state index in [0.717, 1.165) is 44.9 Å². The third kappa shape index (κ3) is 3.48. The second kappa shape index (κ2) is 8.24. The molecular weight excluding hydrogens is 354 g/mol. The smallest absolute Gasteiger partial charge is 0.196 e. The van der Waals surface area contributed by atoms with Gasteiger partial charge in [-0.15, -0.1) is 0 Å². The number of ketones is 1. The lowest BCUT2D eigenvalue weighted by Crippen LogP contribution is -2.09. The molecule has 3 aromatic carbocycles. The summed E-state index contributed by atoms with van der Waals surface area (Å²) in [4.78, 5) is 13.8. The maximum absolute atomic E-state index is 13.8. The van der Waals surface area contributed by atoms with Crippen molar-refractivity contribution in [3.05, 3.63) is 83.6 Å². The number of benzene rings is 3. The first kappa shape index (κ1) is 19.4. The van der Waals surface area contributed by atoms with E-state index in [1.807, 2.05) is 36.4 Å². The molecule has 1 unspecified atom stereocenters. The van der Waals surface area contributed by atoms with Gasteiger partial charge >= 0.3 is 0 Å². The summed E-state index contributed by atoms with van der Waals surface area (Å²) in [5.41, 5.74) is 3.87. The molecule has 0 bridgehead atoms. The Morgan fingerprint density at radius 3 is 2.38 bits per heavy atom. The van der Waals surface area contributed by atoms with Gasteiger partial charge in [0.25, 0.3) is 0 Å². The van der Waals surface area contributed by atoms with Gasteiger partial charge in [0.05, 0.1) is 5.56 Å². The van der Waals surface area contributed by atoms with E-state index in [9.17, 15) is 4.79 Å². The first-order valence-corrected chi connectivity index (χ1v) is 10.8. The Bertz CT molecular complexity index is 1160. The molecule has 0 aliphatic rings. The van der Waals surface area contributed by atoms with Crippen molar-refractivity contribution in [1.82, 2.24) is 4.57 Å². The fourth-order valence-electron chi connectivity index (χ4n) is 4.62. The van der Waals surface area contributed by atoms with Gasteiger partial charge < -0.3 is 4.57 Å². The van der Waals surface area contributed by atoms with Gasteiger partial charge in [-0.3, -0.25) is 4.79 Å². The van der Waals surface area contributed by atoms with Gasteiger partial charge in [-0.2, -0.15) is 0 Å². The molecule has 0 saturated heterocycles. The fourth-order valence-corrected chi connectivity index (χ4v) is 4.62. The number of unbranched alkanes of at least 4 members (excludes halogenated alkanes) is 2. The number of nitrogens with zero attached hydrogens (tertiary/aromatic N) is 1. The Hall–Kier alpha value is -2.87. The Labute approximate surface area is 173 Å². The van der Waals surface area contributed by atoms with Gasteiger partial charge in [-0.05, 0) is 37.1 Å². The molecular formula is C27H29NO. The van der Waals surface area contributed by atoms with Crippen LogP contribution in [0.4, 0.5) is 0 Å². The molecule has 0 radical (unpaired) electrons. The number of fused-ring (bicyclic) bond motifs is 2. The van der Waals surface area contributed by atoms with E-state index in [0.29, 0.717) is 6.04 Å². The molecule has 0 N–H and O–H groups in total. The van der Waals surface area contributed by atoms with Crippen LogP contribution in [-0.2, 0) is 0 Å². The molecule has 0 saturated carbocycles. The van der Waals surface area contributed by atoms with Crippen LogP contribution >= 0.6 is 0 Å². The number of carbonyl (C=O) groups excluding carboxylic acids is 1. The van der Waals surface area contributed by atoms with Crippen molar-refractivity contribution in [3.63, 3.8) is 0 Å². The first-order chi connectivity index (χ1) is 14.1. The van der Waals surface area contributed by atoms with Gasteiger partial charge in [-0.1, -0.05) is 86.8 Å². The highest BCUT2D eigenvalue weighted by atomic mass is 16.1. The van der Waals surface area contributed by atoms with Crippen molar-refractivity contribution in [3.8, 4) is 0 Å². The summed E-state index contributed by atoms with van der Waals surface area (Å²) in [5, 5.41) is 3.19. The number of carbonyl (C=O) groups is 1. The highest BCUT2D eigenvalue weighted by molar-refractivity contribution is 6.22. The van der Waals surface area contributed by atoms with Crippen LogP contribution in [0.2, 0.25) is 0 Å². The largest absolute Gasteiger partial charge is 0.341 e. The number of aromatic nitrogens is 1. The van der Waals surface area contributed by atoms with E-state index >= 15 is 0 Å². The van der Waals surface area contributed by atoms with E-state index in [1.54, 1.807) is 0 Å². The summed E-state index contributed by atoms with van der Waals surface area (Å²) < 4.78 is 2.38. The molecule has 29 heavy (non-hydrogen) atoms. The zero-order valence-corrected chi connectivity index (χ0v) is 17.6. The second-order valence-electron chi connectivity index (χ2n) is 8.05. The minimum Gasteiger partial charge on any atom is -0.341 e.